The summed E-state index contributed by atoms with van der Waals surface area (Å²) in [4.78, 5) is 0. The summed E-state index contributed by atoms with van der Waals surface area (Å²) in [6, 6.07) is 25.9. The molecule has 0 amide bonds. The Morgan fingerprint density at radius 3 is 0.917 bits per heavy atom. The van der Waals surface area contributed by atoms with E-state index in [0.29, 0.717) is 0 Å². The van der Waals surface area contributed by atoms with Gasteiger partial charge in [0.15, 0.2) is 0 Å². The van der Waals surface area contributed by atoms with E-state index in [1.54, 1.807) is 0 Å². The molecule has 0 unspecified atom stereocenters. The van der Waals surface area contributed by atoms with E-state index in [1.165, 1.54) is 32.6 Å². The topological polar surface area (TPSA) is 0 Å². The molecule has 0 atom stereocenters. The van der Waals surface area contributed by atoms with E-state index in [9.17, 15) is 0 Å². The minimum Gasteiger partial charge on any atom is -0.0553 e. The predicted molar refractivity (Wildman–Crippen MR) is 105 cm³/mol. The summed E-state index contributed by atoms with van der Waals surface area (Å²) in [6.07, 6.45) is 0. The molecule has 3 rings (SSSR count). The first-order valence-corrected chi connectivity index (χ1v) is 10.5. The smallest absolute Gasteiger partial charge is 0.0553 e. The van der Waals surface area contributed by atoms with Crippen LogP contribution in [-0.4, -0.2) is 0 Å². The van der Waals surface area contributed by atoms with Gasteiger partial charge in [-0.05, 0) is 57.2 Å². The SMILES string of the molecule is Cc1ccc([P+](Cl)(c2ccc(C)cc2)c2ccc(C)cc2)cc1.[Au]. The molecule has 0 N–H and O–H groups in total. The number of hydrogen-bond donors (Lipinski definition) is 0. The van der Waals surface area contributed by atoms with Crippen LogP contribution in [0.1, 0.15) is 16.7 Å². The number of aryl methyl sites for hydroxylation is 3. The van der Waals surface area contributed by atoms with Gasteiger partial charge >= 0.3 is 0 Å². The van der Waals surface area contributed by atoms with Crippen LogP contribution in [0.4, 0.5) is 0 Å². The number of halogens is 1. The Morgan fingerprint density at radius 2 is 0.708 bits per heavy atom. The maximum absolute atomic E-state index is 7.38. The van der Waals surface area contributed by atoms with Crippen LogP contribution in [0.3, 0.4) is 0 Å². The van der Waals surface area contributed by atoms with E-state index >= 15 is 0 Å². The summed E-state index contributed by atoms with van der Waals surface area (Å²) < 4.78 is 0. The predicted octanol–water partition coefficient (Wildman–Crippen LogP) is 5.06. The summed E-state index contributed by atoms with van der Waals surface area (Å²) in [5.41, 5.74) is 3.76. The zero-order valence-corrected chi connectivity index (χ0v) is 17.9. The van der Waals surface area contributed by atoms with Gasteiger partial charge in [0.1, 0.15) is 27.2 Å². The Bertz CT molecular complexity index is 682. The summed E-state index contributed by atoms with van der Waals surface area (Å²) in [7, 11) is 0. The Labute approximate surface area is 165 Å². The second kappa shape index (κ2) is 8.00. The molecule has 0 aliphatic rings. The van der Waals surface area contributed by atoms with Gasteiger partial charge in [-0.1, -0.05) is 53.1 Å². The van der Waals surface area contributed by atoms with Crippen molar-refractivity contribution in [2.75, 3.05) is 0 Å². The molecule has 24 heavy (non-hydrogen) atoms. The first-order valence-electron chi connectivity index (χ1n) is 7.80. The van der Waals surface area contributed by atoms with Crippen molar-refractivity contribution in [1.29, 1.82) is 0 Å². The van der Waals surface area contributed by atoms with Gasteiger partial charge in [-0.15, -0.1) is 0 Å². The maximum Gasteiger partial charge on any atom is 0.210 e. The minimum atomic E-state index is -2.11. The molecule has 0 fully saturated rings. The maximum atomic E-state index is 7.38. The largest absolute Gasteiger partial charge is 0.210 e. The van der Waals surface area contributed by atoms with E-state index in [4.69, 9.17) is 11.2 Å². The molecule has 3 aromatic rings. The van der Waals surface area contributed by atoms with Gasteiger partial charge in [-0.2, -0.15) is 0 Å². The van der Waals surface area contributed by atoms with Crippen LogP contribution in [0.2, 0.25) is 0 Å². The molecule has 0 bridgehead atoms. The van der Waals surface area contributed by atoms with Crippen molar-refractivity contribution >= 4 is 33.8 Å². The van der Waals surface area contributed by atoms with E-state index < -0.39 is 6.62 Å². The quantitative estimate of drug-likeness (QED) is 0.324. The zero-order chi connectivity index (χ0) is 16.4. The van der Waals surface area contributed by atoms with Gasteiger partial charge in [0, 0.05) is 22.4 Å². The van der Waals surface area contributed by atoms with Gasteiger partial charge in [-0.25, -0.2) is 0 Å². The fraction of sp³-hybridized carbons (Fsp3) is 0.143. The second-order valence-electron chi connectivity index (χ2n) is 6.10. The molecular formula is C21H21AuClP+. The fourth-order valence-electron chi connectivity index (χ4n) is 2.70. The average molecular weight is 537 g/mol. The van der Waals surface area contributed by atoms with Crippen LogP contribution >= 0.6 is 17.9 Å². The van der Waals surface area contributed by atoms with Crippen LogP contribution in [0, 0.1) is 20.8 Å². The van der Waals surface area contributed by atoms with Crippen molar-refractivity contribution in [3.8, 4) is 0 Å². The Hall–Kier alpha value is -0.880. The van der Waals surface area contributed by atoms with Crippen molar-refractivity contribution in [3.63, 3.8) is 0 Å². The molecule has 0 nitrogen and oxygen atoms in total. The molecule has 0 saturated heterocycles. The normalized spacial score (nSPS) is 11.0. The van der Waals surface area contributed by atoms with Gasteiger partial charge in [0.05, 0.1) is 0 Å². The van der Waals surface area contributed by atoms with Gasteiger partial charge in [0.2, 0.25) is 6.62 Å². The summed E-state index contributed by atoms with van der Waals surface area (Å²) in [5, 5.41) is 3.62. The van der Waals surface area contributed by atoms with E-state index in [1.807, 2.05) is 0 Å². The van der Waals surface area contributed by atoms with Crippen LogP contribution < -0.4 is 15.9 Å². The molecular weight excluding hydrogens is 516 g/mol. The van der Waals surface area contributed by atoms with Crippen molar-refractivity contribution in [2.45, 2.75) is 20.8 Å². The molecule has 0 spiro atoms. The fourth-order valence-corrected chi connectivity index (χ4v) is 6.29. The van der Waals surface area contributed by atoms with Crippen molar-refractivity contribution in [2.24, 2.45) is 0 Å². The van der Waals surface area contributed by atoms with Gasteiger partial charge in [0.25, 0.3) is 0 Å². The molecule has 0 saturated carbocycles. The molecule has 1 radical (unpaired) electrons. The van der Waals surface area contributed by atoms with Crippen LogP contribution in [0.5, 0.6) is 0 Å². The number of rotatable bonds is 3. The average Bonchev–Trinajstić information content (AvgIpc) is 2.56. The number of hydrogen-bond acceptors (Lipinski definition) is 0. The first kappa shape index (κ1) is 19.4. The number of benzene rings is 3. The van der Waals surface area contributed by atoms with Crippen molar-refractivity contribution in [3.05, 3.63) is 89.5 Å². The Kier molecular flexibility index (Phi) is 6.48. The molecule has 0 aliphatic carbocycles. The first-order chi connectivity index (χ1) is 11.0. The van der Waals surface area contributed by atoms with Crippen LogP contribution in [0.15, 0.2) is 72.8 Å². The van der Waals surface area contributed by atoms with Gasteiger partial charge in [-0.3, -0.25) is 0 Å². The standard InChI is InChI=1S/C21H21ClP.Au/c1-16-4-10-19(11-5-16)23(22,20-12-6-17(2)7-13-20)21-14-8-18(3)9-15-21;/h4-15H,1-3H3;/q+1;. The Morgan fingerprint density at radius 1 is 0.500 bits per heavy atom. The third-order valence-corrected chi connectivity index (χ3v) is 8.96. The molecule has 0 aromatic heterocycles. The van der Waals surface area contributed by atoms with E-state index in [-0.39, 0.29) is 22.4 Å². The minimum absolute atomic E-state index is 0. The third kappa shape index (κ3) is 3.85. The molecule has 3 heteroatoms. The van der Waals surface area contributed by atoms with Crippen LogP contribution in [0.25, 0.3) is 0 Å². The van der Waals surface area contributed by atoms with Gasteiger partial charge < -0.3 is 0 Å². The second-order valence-corrected chi connectivity index (χ2v) is 10.3. The molecule has 0 heterocycles. The molecule has 127 valence electrons. The molecule has 3 aromatic carbocycles. The Balaban J connectivity index is 0.00000208. The van der Waals surface area contributed by atoms with E-state index in [2.05, 4.69) is 93.6 Å². The summed E-state index contributed by atoms with van der Waals surface area (Å²) >= 11 is 7.38. The monoisotopic (exact) mass is 536 g/mol. The third-order valence-electron chi connectivity index (χ3n) is 4.17. The van der Waals surface area contributed by atoms with E-state index in [0.717, 1.165) is 0 Å². The summed E-state index contributed by atoms with van der Waals surface area (Å²) in [5.74, 6) is 0. The summed E-state index contributed by atoms with van der Waals surface area (Å²) in [6.45, 7) is 4.21. The zero-order valence-electron chi connectivity index (χ0n) is 14.1. The molecule has 0 aliphatic heterocycles. The van der Waals surface area contributed by atoms with Crippen molar-refractivity contribution in [1.82, 2.24) is 0 Å². The van der Waals surface area contributed by atoms with Crippen molar-refractivity contribution < 1.29 is 22.4 Å². The van der Waals surface area contributed by atoms with Crippen LogP contribution in [-0.2, 0) is 22.4 Å².